The fraction of sp³-hybridized carbons (Fsp3) is 0.263. The monoisotopic (exact) mass is 376 g/mol. The number of likely N-dealkylation sites (tertiary alicyclic amines) is 1. The lowest BCUT2D eigenvalue weighted by atomic mass is 9.95. The zero-order valence-corrected chi connectivity index (χ0v) is 15.1. The number of nitrogens with zero attached hydrogens (tertiary/aromatic N) is 1. The molecule has 6 heteroatoms. The highest BCUT2D eigenvalue weighted by Crippen LogP contribution is 2.22. The second kappa shape index (κ2) is 7.89. The Balaban J connectivity index is 1.56. The molecule has 1 fully saturated rings. The van der Waals surface area contributed by atoms with Gasteiger partial charge in [0.15, 0.2) is 0 Å². The maximum absolute atomic E-state index is 12.5. The number of rotatable bonds is 3. The molecule has 25 heavy (non-hydrogen) atoms. The van der Waals surface area contributed by atoms with Crippen molar-refractivity contribution in [2.75, 3.05) is 18.4 Å². The van der Waals surface area contributed by atoms with Crippen molar-refractivity contribution >= 4 is 40.7 Å². The van der Waals surface area contributed by atoms with Crippen LogP contribution < -0.4 is 5.32 Å². The van der Waals surface area contributed by atoms with Crippen LogP contribution in [0.4, 0.5) is 5.69 Å². The van der Waals surface area contributed by atoms with Gasteiger partial charge in [-0.15, -0.1) is 0 Å². The number of hydrogen-bond donors (Lipinski definition) is 1. The molecule has 0 aromatic heterocycles. The highest BCUT2D eigenvalue weighted by molar-refractivity contribution is 6.31. The number of benzene rings is 2. The lowest BCUT2D eigenvalue weighted by molar-refractivity contribution is -0.121. The summed E-state index contributed by atoms with van der Waals surface area (Å²) in [6, 6.07) is 14.0. The molecule has 0 unspecified atom stereocenters. The molecule has 0 spiro atoms. The van der Waals surface area contributed by atoms with E-state index in [1.807, 2.05) is 6.07 Å². The van der Waals surface area contributed by atoms with Crippen molar-refractivity contribution < 1.29 is 9.59 Å². The van der Waals surface area contributed by atoms with Crippen LogP contribution in [-0.2, 0) is 4.79 Å². The Labute approximate surface area is 156 Å². The molecule has 3 rings (SSSR count). The van der Waals surface area contributed by atoms with E-state index in [2.05, 4.69) is 5.32 Å². The van der Waals surface area contributed by atoms with Crippen LogP contribution in [0, 0.1) is 5.92 Å². The first-order chi connectivity index (χ1) is 12.0. The molecule has 1 saturated heterocycles. The highest BCUT2D eigenvalue weighted by atomic mass is 35.5. The lowest BCUT2D eigenvalue weighted by Crippen LogP contribution is -2.41. The summed E-state index contributed by atoms with van der Waals surface area (Å²) < 4.78 is 0. The Morgan fingerprint density at radius 2 is 1.60 bits per heavy atom. The third-order valence-corrected chi connectivity index (χ3v) is 4.79. The van der Waals surface area contributed by atoms with E-state index in [1.54, 1.807) is 47.4 Å². The van der Waals surface area contributed by atoms with Gasteiger partial charge in [0.1, 0.15) is 0 Å². The standard InChI is InChI=1S/C19H18Cl2N2O2/c20-15-4-1-3-14(11-15)19(25)23-9-7-13(8-10-23)18(24)22-17-6-2-5-16(21)12-17/h1-6,11-13H,7-10H2,(H,22,24). The molecule has 0 radical (unpaired) electrons. The van der Waals surface area contributed by atoms with Crippen molar-refractivity contribution in [2.24, 2.45) is 5.92 Å². The predicted molar refractivity (Wildman–Crippen MR) is 100 cm³/mol. The van der Waals surface area contributed by atoms with E-state index in [4.69, 9.17) is 23.2 Å². The number of carbonyl (C=O) groups excluding carboxylic acids is 2. The third-order valence-electron chi connectivity index (χ3n) is 4.32. The van der Waals surface area contributed by atoms with Crippen LogP contribution in [0.25, 0.3) is 0 Å². The Morgan fingerprint density at radius 3 is 2.24 bits per heavy atom. The second-order valence-corrected chi connectivity index (χ2v) is 6.95. The molecule has 4 nitrogen and oxygen atoms in total. The second-order valence-electron chi connectivity index (χ2n) is 6.08. The molecule has 0 bridgehead atoms. The number of piperidine rings is 1. The SMILES string of the molecule is O=C(Nc1cccc(Cl)c1)C1CCN(C(=O)c2cccc(Cl)c2)CC1. The fourth-order valence-corrected chi connectivity index (χ4v) is 3.34. The molecule has 1 aliphatic heterocycles. The maximum Gasteiger partial charge on any atom is 0.253 e. The smallest absolute Gasteiger partial charge is 0.253 e. The van der Waals surface area contributed by atoms with Crippen LogP contribution in [0.5, 0.6) is 0 Å². The van der Waals surface area contributed by atoms with E-state index in [-0.39, 0.29) is 17.7 Å². The molecule has 0 atom stereocenters. The zero-order valence-electron chi connectivity index (χ0n) is 13.5. The van der Waals surface area contributed by atoms with Gasteiger partial charge < -0.3 is 10.2 Å². The van der Waals surface area contributed by atoms with E-state index in [9.17, 15) is 9.59 Å². The molecule has 0 saturated carbocycles. The average molecular weight is 377 g/mol. The highest BCUT2D eigenvalue weighted by Gasteiger charge is 2.28. The van der Waals surface area contributed by atoms with Gasteiger partial charge in [0.2, 0.25) is 5.91 Å². The Bertz CT molecular complexity index is 786. The van der Waals surface area contributed by atoms with Crippen LogP contribution in [-0.4, -0.2) is 29.8 Å². The normalized spacial score (nSPS) is 15.0. The number of carbonyl (C=O) groups is 2. The average Bonchev–Trinajstić information content (AvgIpc) is 2.61. The zero-order chi connectivity index (χ0) is 17.8. The molecule has 2 amide bonds. The summed E-state index contributed by atoms with van der Waals surface area (Å²) in [7, 11) is 0. The topological polar surface area (TPSA) is 49.4 Å². The van der Waals surface area contributed by atoms with Gasteiger partial charge in [-0.2, -0.15) is 0 Å². The Morgan fingerprint density at radius 1 is 0.960 bits per heavy atom. The first-order valence-corrected chi connectivity index (χ1v) is 8.90. The van der Waals surface area contributed by atoms with E-state index >= 15 is 0 Å². The molecular weight excluding hydrogens is 359 g/mol. The largest absolute Gasteiger partial charge is 0.339 e. The van der Waals surface area contributed by atoms with Gasteiger partial charge in [0.05, 0.1) is 0 Å². The Hall–Kier alpha value is -2.04. The maximum atomic E-state index is 12.5. The summed E-state index contributed by atoms with van der Waals surface area (Å²) in [6.07, 6.45) is 1.28. The first kappa shape index (κ1) is 17.8. The number of amides is 2. The summed E-state index contributed by atoms with van der Waals surface area (Å²) in [4.78, 5) is 26.7. The molecule has 1 N–H and O–H groups in total. The molecular formula is C19H18Cl2N2O2. The quantitative estimate of drug-likeness (QED) is 0.857. The van der Waals surface area contributed by atoms with E-state index in [0.29, 0.717) is 47.2 Å². The van der Waals surface area contributed by atoms with Gasteiger partial charge in [-0.25, -0.2) is 0 Å². The number of nitrogens with one attached hydrogen (secondary N) is 1. The number of hydrogen-bond acceptors (Lipinski definition) is 2. The number of anilines is 1. The summed E-state index contributed by atoms with van der Waals surface area (Å²) in [5.41, 5.74) is 1.27. The van der Waals surface area contributed by atoms with E-state index < -0.39 is 0 Å². The molecule has 2 aromatic rings. The molecule has 130 valence electrons. The minimum Gasteiger partial charge on any atom is -0.339 e. The van der Waals surface area contributed by atoms with Crippen LogP contribution in [0.2, 0.25) is 10.0 Å². The minimum atomic E-state index is -0.109. The summed E-state index contributed by atoms with van der Waals surface area (Å²) in [5.74, 6) is -0.185. The lowest BCUT2D eigenvalue weighted by Gasteiger charge is -2.31. The van der Waals surface area contributed by atoms with Crippen LogP contribution in [0.1, 0.15) is 23.2 Å². The van der Waals surface area contributed by atoms with Crippen molar-refractivity contribution in [3.63, 3.8) is 0 Å². The molecule has 1 heterocycles. The van der Waals surface area contributed by atoms with Gasteiger partial charge in [-0.1, -0.05) is 35.3 Å². The minimum absolute atomic E-state index is 0.0304. The van der Waals surface area contributed by atoms with Crippen LogP contribution in [0.15, 0.2) is 48.5 Å². The van der Waals surface area contributed by atoms with Gasteiger partial charge in [-0.3, -0.25) is 9.59 Å². The van der Waals surface area contributed by atoms with Gasteiger partial charge in [0, 0.05) is 40.3 Å². The van der Waals surface area contributed by atoms with Gasteiger partial charge in [-0.05, 0) is 49.2 Å². The summed E-state index contributed by atoms with van der Waals surface area (Å²) in [6.45, 7) is 1.11. The molecule has 0 aliphatic carbocycles. The van der Waals surface area contributed by atoms with Crippen LogP contribution >= 0.6 is 23.2 Å². The van der Waals surface area contributed by atoms with E-state index in [1.165, 1.54) is 0 Å². The van der Waals surface area contributed by atoms with Gasteiger partial charge >= 0.3 is 0 Å². The summed E-state index contributed by atoms with van der Waals surface area (Å²) in [5, 5.41) is 4.02. The number of halogens is 2. The van der Waals surface area contributed by atoms with Crippen molar-refractivity contribution in [2.45, 2.75) is 12.8 Å². The first-order valence-electron chi connectivity index (χ1n) is 8.14. The fourth-order valence-electron chi connectivity index (χ4n) is 2.96. The van der Waals surface area contributed by atoms with Crippen molar-refractivity contribution in [3.05, 3.63) is 64.1 Å². The summed E-state index contributed by atoms with van der Waals surface area (Å²) >= 11 is 11.9. The third kappa shape index (κ3) is 4.53. The molecule has 1 aliphatic rings. The van der Waals surface area contributed by atoms with Gasteiger partial charge in [0.25, 0.3) is 5.91 Å². The molecule has 2 aromatic carbocycles. The Kier molecular flexibility index (Phi) is 5.61. The van der Waals surface area contributed by atoms with Crippen molar-refractivity contribution in [1.82, 2.24) is 4.90 Å². The van der Waals surface area contributed by atoms with Crippen molar-refractivity contribution in [1.29, 1.82) is 0 Å². The van der Waals surface area contributed by atoms with E-state index in [0.717, 1.165) is 0 Å². The predicted octanol–water partition coefficient (Wildman–Crippen LogP) is 4.48. The van der Waals surface area contributed by atoms with Crippen molar-refractivity contribution in [3.8, 4) is 0 Å². The van der Waals surface area contributed by atoms with Crippen LogP contribution in [0.3, 0.4) is 0 Å².